The molecule has 1 aliphatic rings. The smallest absolute Gasteiger partial charge is 0.229 e. The van der Waals surface area contributed by atoms with Gasteiger partial charge in [-0.05, 0) is 73.5 Å². The number of nitrogens with zero attached hydrogens (tertiary/aromatic N) is 3. The number of hydrogen-bond acceptors (Lipinski definition) is 4. The maximum atomic E-state index is 13.0. The molecule has 2 aromatic heterocycles. The molecule has 5 rings (SSSR count). The highest BCUT2D eigenvalue weighted by Gasteiger charge is 2.27. The summed E-state index contributed by atoms with van der Waals surface area (Å²) in [5.41, 5.74) is 3.92. The Bertz CT molecular complexity index is 1220. The van der Waals surface area contributed by atoms with E-state index in [9.17, 15) is 4.79 Å². The number of anilines is 2. The van der Waals surface area contributed by atoms with Crippen LogP contribution in [0.4, 0.5) is 11.4 Å². The third-order valence-electron chi connectivity index (χ3n) is 6.10. The van der Waals surface area contributed by atoms with E-state index in [2.05, 4.69) is 15.2 Å². The number of fused-ring (bicyclic) bond motifs is 1. The first-order chi connectivity index (χ1) is 15.7. The first-order valence-electron chi connectivity index (χ1n) is 10.9. The summed E-state index contributed by atoms with van der Waals surface area (Å²) < 4.78 is 7.45. The van der Waals surface area contributed by atoms with E-state index in [0.29, 0.717) is 6.54 Å². The highest BCUT2D eigenvalue weighted by molar-refractivity contribution is 5.95. The van der Waals surface area contributed by atoms with Crippen LogP contribution in [-0.4, -0.2) is 35.7 Å². The molecule has 1 N–H and O–H groups in total. The minimum Gasteiger partial charge on any atom is -0.497 e. The molecule has 0 spiro atoms. The Morgan fingerprint density at radius 3 is 2.69 bits per heavy atom. The lowest BCUT2D eigenvalue weighted by molar-refractivity contribution is -0.120. The average molecular weight is 427 g/mol. The van der Waals surface area contributed by atoms with Crippen molar-refractivity contribution in [2.24, 2.45) is 5.92 Å². The van der Waals surface area contributed by atoms with Crippen molar-refractivity contribution in [2.75, 3.05) is 30.4 Å². The number of ether oxygens (including phenoxy) is 1. The summed E-state index contributed by atoms with van der Waals surface area (Å²) in [6.07, 6.45) is 7.69. The molecule has 6 nitrogen and oxygen atoms in total. The van der Waals surface area contributed by atoms with Gasteiger partial charge in [-0.1, -0.05) is 0 Å². The number of carbonyl (C=O) groups excluding carboxylic acids is 1. The fourth-order valence-electron chi connectivity index (χ4n) is 4.39. The molecule has 4 aromatic rings. The lowest BCUT2D eigenvalue weighted by Gasteiger charge is -2.34. The molecule has 3 heterocycles. The van der Waals surface area contributed by atoms with Gasteiger partial charge in [-0.25, -0.2) is 0 Å². The van der Waals surface area contributed by atoms with Crippen molar-refractivity contribution in [1.29, 1.82) is 0 Å². The standard InChI is InChI=1S/C26H26N4O2/c1-32-22-10-11-24-23(17-22)25(12-13-27-24)30-16-4-5-19(18-30)26(31)28-20-6-8-21(9-7-20)29-14-2-3-15-29/h2-3,6-15,17,19H,4-5,16,18H2,1H3,(H,28,31). The first kappa shape index (κ1) is 20.1. The molecule has 1 unspecified atom stereocenters. The number of aromatic nitrogens is 2. The van der Waals surface area contributed by atoms with Crippen molar-refractivity contribution in [3.8, 4) is 11.4 Å². The molecule has 1 amide bonds. The van der Waals surface area contributed by atoms with Crippen molar-refractivity contribution in [3.63, 3.8) is 0 Å². The molecule has 32 heavy (non-hydrogen) atoms. The largest absolute Gasteiger partial charge is 0.497 e. The summed E-state index contributed by atoms with van der Waals surface area (Å²) in [5, 5.41) is 4.15. The van der Waals surface area contributed by atoms with E-state index in [0.717, 1.165) is 53.1 Å². The molecule has 1 fully saturated rings. The molecular weight excluding hydrogens is 400 g/mol. The van der Waals surface area contributed by atoms with Crippen molar-refractivity contribution in [3.05, 3.63) is 79.3 Å². The van der Waals surface area contributed by atoms with Crippen LogP contribution < -0.4 is 15.0 Å². The number of nitrogens with one attached hydrogen (secondary N) is 1. The van der Waals surface area contributed by atoms with E-state index in [-0.39, 0.29) is 11.8 Å². The van der Waals surface area contributed by atoms with Gasteiger partial charge < -0.3 is 19.5 Å². The molecule has 0 bridgehead atoms. The number of rotatable bonds is 5. The fourth-order valence-corrected chi connectivity index (χ4v) is 4.39. The van der Waals surface area contributed by atoms with Crippen molar-refractivity contribution in [2.45, 2.75) is 12.8 Å². The lowest BCUT2D eigenvalue weighted by Crippen LogP contribution is -2.40. The predicted molar refractivity (Wildman–Crippen MR) is 128 cm³/mol. The number of carbonyl (C=O) groups is 1. The molecule has 1 aliphatic heterocycles. The number of pyridine rings is 1. The Morgan fingerprint density at radius 1 is 1.09 bits per heavy atom. The molecule has 0 aliphatic carbocycles. The van der Waals surface area contributed by atoms with E-state index in [1.54, 1.807) is 7.11 Å². The SMILES string of the molecule is COc1ccc2nccc(N3CCCC(C(=O)Nc4ccc(-n5cccc5)cc4)C3)c2c1. The number of piperidine rings is 1. The number of benzene rings is 2. The zero-order valence-corrected chi connectivity index (χ0v) is 18.1. The minimum atomic E-state index is -0.0679. The quantitative estimate of drug-likeness (QED) is 0.494. The van der Waals surface area contributed by atoms with Gasteiger partial charge in [0.1, 0.15) is 5.75 Å². The van der Waals surface area contributed by atoms with Crippen molar-refractivity contribution in [1.82, 2.24) is 9.55 Å². The Morgan fingerprint density at radius 2 is 1.91 bits per heavy atom. The van der Waals surface area contributed by atoms with E-state index < -0.39 is 0 Å². The zero-order chi connectivity index (χ0) is 21.9. The Kier molecular flexibility index (Phi) is 5.50. The van der Waals surface area contributed by atoms with Gasteiger partial charge in [-0.15, -0.1) is 0 Å². The third-order valence-corrected chi connectivity index (χ3v) is 6.10. The molecular formula is C26H26N4O2. The second-order valence-electron chi connectivity index (χ2n) is 8.12. The number of hydrogen-bond donors (Lipinski definition) is 1. The van der Waals surface area contributed by atoms with Crippen LogP contribution in [-0.2, 0) is 4.79 Å². The van der Waals surface area contributed by atoms with Crippen LogP contribution >= 0.6 is 0 Å². The third kappa shape index (κ3) is 4.04. The molecule has 0 saturated carbocycles. The van der Waals surface area contributed by atoms with E-state index in [4.69, 9.17) is 4.74 Å². The van der Waals surface area contributed by atoms with Crippen LogP contribution in [0, 0.1) is 5.92 Å². The number of methoxy groups -OCH3 is 1. The summed E-state index contributed by atoms with van der Waals surface area (Å²) in [5.74, 6) is 0.808. The van der Waals surface area contributed by atoms with Gasteiger partial charge in [0.2, 0.25) is 5.91 Å². The summed E-state index contributed by atoms with van der Waals surface area (Å²) in [7, 11) is 1.67. The van der Waals surface area contributed by atoms with E-state index in [1.807, 2.05) is 83.8 Å². The Labute approximate surface area is 187 Å². The summed E-state index contributed by atoms with van der Waals surface area (Å²) in [4.78, 5) is 19.8. The summed E-state index contributed by atoms with van der Waals surface area (Å²) in [6.45, 7) is 1.61. The molecule has 0 radical (unpaired) electrons. The van der Waals surface area contributed by atoms with Gasteiger partial charge in [0.25, 0.3) is 0 Å². The van der Waals surface area contributed by atoms with Gasteiger partial charge >= 0.3 is 0 Å². The van der Waals surface area contributed by atoms with Crippen molar-refractivity contribution < 1.29 is 9.53 Å². The van der Waals surface area contributed by atoms with Gasteiger partial charge in [-0.3, -0.25) is 9.78 Å². The van der Waals surface area contributed by atoms with Gasteiger partial charge in [-0.2, -0.15) is 0 Å². The van der Waals surface area contributed by atoms with Gasteiger partial charge in [0.05, 0.1) is 18.5 Å². The summed E-state index contributed by atoms with van der Waals surface area (Å²) >= 11 is 0. The second-order valence-corrected chi connectivity index (χ2v) is 8.12. The summed E-state index contributed by atoms with van der Waals surface area (Å²) in [6, 6.07) is 19.9. The van der Waals surface area contributed by atoms with E-state index in [1.165, 1.54) is 0 Å². The maximum absolute atomic E-state index is 13.0. The highest BCUT2D eigenvalue weighted by Crippen LogP contribution is 2.32. The van der Waals surface area contributed by atoms with Crippen LogP contribution in [0.2, 0.25) is 0 Å². The highest BCUT2D eigenvalue weighted by atomic mass is 16.5. The topological polar surface area (TPSA) is 59.4 Å². The van der Waals surface area contributed by atoms with Crippen LogP contribution in [0.3, 0.4) is 0 Å². The molecule has 2 aromatic carbocycles. The van der Waals surface area contributed by atoms with Crippen LogP contribution in [0.5, 0.6) is 5.75 Å². The lowest BCUT2D eigenvalue weighted by atomic mass is 9.96. The normalized spacial score (nSPS) is 16.2. The minimum absolute atomic E-state index is 0.0679. The van der Waals surface area contributed by atoms with Crippen LogP contribution in [0.15, 0.2) is 79.3 Å². The van der Waals surface area contributed by atoms with Gasteiger partial charge in [0.15, 0.2) is 0 Å². The average Bonchev–Trinajstić information content (AvgIpc) is 3.39. The zero-order valence-electron chi connectivity index (χ0n) is 18.1. The fraction of sp³-hybridized carbons (Fsp3) is 0.231. The Balaban J connectivity index is 1.31. The molecule has 1 atom stereocenters. The predicted octanol–water partition coefficient (Wildman–Crippen LogP) is 4.89. The maximum Gasteiger partial charge on any atom is 0.229 e. The molecule has 1 saturated heterocycles. The van der Waals surface area contributed by atoms with Gasteiger partial charge in [0, 0.05) is 54.1 Å². The van der Waals surface area contributed by atoms with Crippen LogP contribution in [0.25, 0.3) is 16.6 Å². The monoisotopic (exact) mass is 426 g/mol. The second kappa shape index (κ2) is 8.75. The Hall–Kier alpha value is -3.80. The van der Waals surface area contributed by atoms with Crippen molar-refractivity contribution >= 4 is 28.2 Å². The van der Waals surface area contributed by atoms with E-state index >= 15 is 0 Å². The molecule has 6 heteroatoms. The number of amides is 1. The first-order valence-corrected chi connectivity index (χ1v) is 10.9. The molecule has 162 valence electrons. The van der Waals surface area contributed by atoms with Crippen LogP contribution in [0.1, 0.15) is 12.8 Å².